The molecule has 0 unspecified atom stereocenters. The number of hydrogen-bond acceptors (Lipinski definition) is 4. The quantitative estimate of drug-likeness (QED) is 0.172. The molecule has 0 saturated heterocycles. The molecule has 0 amide bonds. The van der Waals surface area contributed by atoms with Gasteiger partial charge < -0.3 is 10.1 Å². The number of carbonyl (C=O) groups is 1. The van der Waals surface area contributed by atoms with E-state index in [-0.39, 0.29) is 31.6 Å². The summed E-state index contributed by atoms with van der Waals surface area (Å²) in [5, 5.41) is 9.60. The van der Waals surface area contributed by atoms with Crippen molar-refractivity contribution in [1.82, 2.24) is 4.98 Å². The maximum atomic E-state index is 10.0. The largest absolute Gasteiger partial charge is 0.512 e. The Labute approximate surface area is 188 Å². The van der Waals surface area contributed by atoms with Crippen LogP contribution < -0.4 is 0 Å². The Hall–Kier alpha value is -2.59. The van der Waals surface area contributed by atoms with Gasteiger partial charge in [0.15, 0.2) is 5.78 Å². The van der Waals surface area contributed by atoms with Crippen LogP contribution in [0.2, 0.25) is 0 Å². The third-order valence-electron chi connectivity index (χ3n) is 3.86. The molecule has 0 spiro atoms. The zero-order chi connectivity index (χ0) is 19.9. The number of carbonyl (C=O) groups excluding carboxylic acids is 1. The molecule has 5 heteroatoms. The third kappa shape index (κ3) is 6.46. The van der Waals surface area contributed by atoms with Crippen molar-refractivity contribution in [2.75, 3.05) is 0 Å². The summed E-state index contributed by atoms with van der Waals surface area (Å²) in [5.74, 6) is -0.0625. The van der Waals surface area contributed by atoms with E-state index < -0.39 is 0 Å². The van der Waals surface area contributed by atoms with Gasteiger partial charge in [0, 0.05) is 37.3 Å². The van der Waals surface area contributed by atoms with Gasteiger partial charge in [-0.25, -0.2) is 0 Å². The van der Waals surface area contributed by atoms with Crippen LogP contribution in [-0.2, 0) is 24.9 Å². The van der Waals surface area contributed by atoms with Crippen molar-refractivity contribution in [3.8, 4) is 21.7 Å². The van der Waals surface area contributed by atoms with Crippen LogP contribution in [0.3, 0.4) is 0 Å². The standard InChI is InChI=1S/C19H12NS.C5H8O2.Ir/c1-3-7-14(8-4-1)17-11-16-12-18(21-19(16)13-20-17)15-9-5-2-6-10-15;1-4(6)3-5(2)7;/h1-7,9-13H;3,6H,1-2H3;/q-1;;/b;4-3-;. The minimum Gasteiger partial charge on any atom is -0.512 e. The molecule has 2 aromatic heterocycles. The zero-order valence-corrected chi connectivity index (χ0v) is 19.3. The average Bonchev–Trinajstić information content (AvgIpc) is 3.12. The number of fused-ring (bicyclic) bond motifs is 1. The molecule has 0 atom stereocenters. The first-order valence-corrected chi connectivity index (χ1v) is 9.64. The number of thiophene rings is 1. The number of aliphatic hydroxyl groups excluding tert-OH is 1. The third-order valence-corrected chi connectivity index (χ3v) is 4.99. The first-order valence-electron chi connectivity index (χ1n) is 8.83. The van der Waals surface area contributed by atoms with Gasteiger partial charge in [-0.05, 0) is 36.6 Å². The van der Waals surface area contributed by atoms with E-state index in [1.54, 1.807) is 11.3 Å². The van der Waals surface area contributed by atoms with Gasteiger partial charge in [-0.15, -0.1) is 47.2 Å². The Morgan fingerprint density at radius 3 is 2.38 bits per heavy atom. The number of ketones is 1. The van der Waals surface area contributed by atoms with Gasteiger partial charge in [0.2, 0.25) is 0 Å². The van der Waals surface area contributed by atoms with Crippen molar-refractivity contribution in [3.05, 3.63) is 90.8 Å². The van der Waals surface area contributed by atoms with E-state index in [1.165, 1.54) is 40.5 Å². The maximum Gasteiger partial charge on any atom is 0.155 e. The SMILES string of the molecule is CC(=O)/C=C(/C)O.[Ir].[c-]1ccccc1-c1cc2cc(-c3ccccc3)sc2cn1. The van der Waals surface area contributed by atoms with Crippen LogP contribution in [0.25, 0.3) is 31.8 Å². The molecule has 1 N–H and O–H groups in total. The minimum atomic E-state index is -0.125. The number of pyridine rings is 1. The summed E-state index contributed by atoms with van der Waals surface area (Å²) in [6.45, 7) is 2.85. The second-order valence-electron chi connectivity index (χ2n) is 6.26. The van der Waals surface area contributed by atoms with Crippen molar-refractivity contribution < 1.29 is 30.0 Å². The maximum absolute atomic E-state index is 10.0. The van der Waals surface area contributed by atoms with Gasteiger partial charge in [0.05, 0.1) is 10.5 Å². The van der Waals surface area contributed by atoms with Crippen LogP contribution >= 0.6 is 11.3 Å². The summed E-state index contributed by atoms with van der Waals surface area (Å²) in [7, 11) is 0. The molecule has 0 aliphatic rings. The van der Waals surface area contributed by atoms with Gasteiger partial charge in [-0.3, -0.25) is 4.79 Å². The van der Waals surface area contributed by atoms with Crippen LogP contribution in [0, 0.1) is 6.07 Å². The predicted octanol–water partition coefficient (Wildman–Crippen LogP) is 6.47. The van der Waals surface area contributed by atoms with Gasteiger partial charge in [0.1, 0.15) is 0 Å². The summed E-state index contributed by atoms with van der Waals surface area (Å²) < 4.78 is 1.22. The van der Waals surface area contributed by atoms with Crippen molar-refractivity contribution in [2.45, 2.75) is 13.8 Å². The number of hydrogen-bond donors (Lipinski definition) is 1. The van der Waals surface area contributed by atoms with Crippen molar-refractivity contribution >= 4 is 27.2 Å². The average molecular weight is 579 g/mol. The summed E-state index contributed by atoms with van der Waals surface area (Å²) in [6, 6.07) is 26.0. The smallest absolute Gasteiger partial charge is 0.155 e. The number of nitrogens with zero attached hydrogens (tertiary/aromatic N) is 1. The summed E-state index contributed by atoms with van der Waals surface area (Å²) in [5.41, 5.74) is 3.26. The fourth-order valence-corrected chi connectivity index (χ4v) is 3.70. The van der Waals surface area contributed by atoms with E-state index in [4.69, 9.17) is 5.11 Å². The Morgan fingerprint density at radius 2 is 1.79 bits per heavy atom. The Balaban J connectivity index is 0.000000327. The van der Waals surface area contributed by atoms with Gasteiger partial charge >= 0.3 is 0 Å². The molecule has 0 saturated carbocycles. The zero-order valence-electron chi connectivity index (χ0n) is 16.0. The summed E-state index contributed by atoms with van der Waals surface area (Å²) in [6.07, 6.45) is 3.13. The van der Waals surface area contributed by atoms with E-state index in [1.807, 2.05) is 36.5 Å². The van der Waals surface area contributed by atoms with Crippen LogP contribution in [0.1, 0.15) is 13.8 Å². The first-order chi connectivity index (χ1) is 13.5. The number of benzene rings is 2. The molecule has 4 aromatic rings. The van der Waals surface area contributed by atoms with Crippen LogP contribution in [0.4, 0.5) is 0 Å². The molecule has 29 heavy (non-hydrogen) atoms. The molecular weight excluding hydrogens is 559 g/mol. The van der Waals surface area contributed by atoms with Crippen LogP contribution in [0.5, 0.6) is 0 Å². The molecule has 3 nitrogen and oxygen atoms in total. The molecule has 0 aliphatic heterocycles. The molecule has 0 fully saturated rings. The van der Waals surface area contributed by atoms with E-state index in [0.29, 0.717) is 0 Å². The Bertz CT molecular complexity index is 1060. The minimum absolute atomic E-state index is 0. The van der Waals surface area contributed by atoms with E-state index in [2.05, 4.69) is 47.4 Å². The topological polar surface area (TPSA) is 50.2 Å². The molecule has 2 aromatic carbocycles. The summed E-state index contributed by atoms with van der Waals surface area (Å²) in [4.78, 5) is 15.9. The monoisotopic (exact) mass is 579 g/mol. The Kier molecular flexibility index (Phi) is 8.47. The number of aliphatic hydroxyl groups is 1. The van der Waals surface area contributed by atoms with Gasteiger partial charge in [-0.1, -0.05) is 36.4 Å². The fraction of sp³-hybridized carbons (Fsp3) is 0.0833. The van der Waals surface area contributed by atoms with E-state index >= 15 is 0 Å². The van der Waals surface area contributed by atoms with Crippen LogP contribution in [0.15, 0.2) is 84.8 Å². The number of aromatic nitrogens is 1. The molecule has 149 valence electrons. The number of rotatable bonds is 3. The summed E-state index contributed by atoms with van der Waals surface area (Å²) >= 11 is 1.78. The van der Waals surface area contributed by atoms with E-state index in [9.17, 15) is 4.79 Å². The van der Waals surface area contributed by atoms with Crippen molar-refractivity contribution in [2.24, 2.45) is 0 Å². The fourth-order valence-electron chi connectivity index (χ4n) is 2.68. The van der Waals surface area contributed by atoms with Crippen LogP contribution in [-0.4, -0.2) is 15.9 Å². The predicted molar refractivity (Wildman–Crippen MR) is 116 cm³/mol. The second-order valence-corrected chi connectivity index (χ2v) is 7.34. The molecule has 2 heterocycles. The molecule has 1 radical (unpaired) electrons. The number of allylic oxidation sites excluding steroid dienone is 2. The first kappa shape index (κ1) is 22.7. The van der Waals surface area contributed by atoms with Gasteiger partial charge in [0.25, 0.3) is 0 Å². The Morgan fingerprint density at radius 1 is 1.07 bits per heavy atom. The normalized spacial score (nSPS) is 10.6. The molecular formula is C24H20IrNO2S-. The van der Waals surface area contributed by atoms with Gasteiger partial charge in [-0.2, -0.15) is 0 Å². The van der Waals surface area contributed by atoms with E-state index in [0.717, 1.165) is 11.3 Å². The van der Waals surface area contributed by atoms with Crippen molar-refractivity contribution in [1.29, 1.82) is 0 Å². The molecule has 4 rings (SSSR count). The second kappa shape index (κ2) is 10.8. The van der Waals surface area contributed by atoms with Crippen molar-refractivity contribution in [3.63, 3.8) is 0 Å². The molecule has 0 aliphatic carbocycles. The molecule has 0 bridgehead atoms.